The predicted molar refractivity (Wildman–Crippen MR) is 93.0 cm³/mol. The molecule has 1 saturated heterocycles. The van der Waals surface area contributed by atoms with Crippen molar-refractivity contribution in [3.63, 3.8) is 0 Å². The van der Waals surface area contributed by atoms with Crippen LogP contribution in [0.1, 0.15) is 31.1 Å². The van der Waals surface area contributed by atoms with Crippen LogP contribution in [0.5, 0.6) is 0 Å². The summed E-state index contributed by atoms with van der Waals surface area (Å²) < 4.78 is 5.39. The van der Waals surface area contributed by atoms with E-state index in [2.05, 4.69) is 10.2 Å². The molecule has 7 heteroatoms. The zero-order chi connectivity index (χ0) is 17.9. The minimum Gasteiger partial charge on any atom is -0.478 e. The van der Waals surface area contributed by atoms with Gasteiger partial charge in [0.15, 0.2) is 0 Å². The molecule has 1 aliphatic rings. The number of aromatic carboxylic acids is 1. The van der Waals surface area contributed by atoms with Crippen LogP contribution in [-0.2, 0) is 4.74 Å². The van der Waals surface area contributed by atoms with Gasteiger partial charge in [0.05, 0.1) is 5.56 Å². The second kappa shape index (κ2) is 6.98. The van der Waals surface area contributed by atoms with E-state index in [4.69, 9.17) is 4.74 Å². The molecule has 1 heterocycles. The first-order valence-electron chi connectivity index (χ1n) is 7.98. The molecule has 0 unspecified atom stereocenters. The summed E-state index contributed by atoms with van der Waals surface area (Å²) in [5.41, 5.74) is 1.32. The minimum atomic E-state index is -0.958. The molecule has 1 aliphatic heterocycles. The number of carboxylic acids is 1. The van der Waals surface area contributed by atoms with Gasteiger partial charge in [0.25, 0.3) is 0 Å². The fraction of sp³-hybridized carbons (Fsp3) is 0.529. The number of rotatable bonds is 3. The van der Waals surface area contributed by atoms with Gasteiger partial charge in [-0.15, -0.1) is 0 Å². The van der Waals surface area contributed by atoms with E-state index in [1.54, 1.807) is 24.1 Å². The molecule has 1 aromatic rings. The lowest BCUT2D eigenvalue weighted by molar-refractivity contribution is 0.0240. The number of carboxylic acid groups (broad SMARTS) is 1. The Kier molecular flexibility index (Phi) is 5.21. The summed E-state index contributed by atoms with van der Waals surface area (Å²) >= 11 is 0. The molecule has 1 fully saturated rings. The van der Waals surface area contributed by atoms with Crippen molar-refractivity contribution in [1.29, 1.82) is 0 Å². The van der Waals surface area contributed by atoms with Crippen LogP contribution in [0.4, 0.5) is 16.2 Å². The van der Waals surface area contributed by atoms with Crippen LogP contribution in [0.15, 0.2) is 18.2 Å². The Morgan fingerprint density at radius 3 is 2.25 bits per heavy atom. The molecule has 2 rings (SSSR count). The fourth-order valence-corrected chi connectivity index (χ4v) is 2.54. The highest BCUT2D eigenvalue weighted by atomic mass is 16.6. The van der Waals surface area contributed by atoms with Gasteiger partial charge in [0, 0.05) is 44.6 Å². The van der Waals surface area contributed by atoms with Crippen LogP contribution in [0.2, 0.25) is 0 Å². The molecule has 0 radical (unpaired) electrons. The summed E-state index contributed by atoms with van der Waals surface area (Å²) in [6.45, 7) is 7.88. The van der Waals surface area contributed by atoms with E-state index in [0.717, 1.165) is 11.4 Å². The lowest BCUT2D eigenvalue weighted by atomic mass is 10.1. The topological polar surface area (TPSA) is 82.1 Å². The number of ether oxygens (including phenoxy) is 1. The van der Waals surface area contributed by atoms with E-state index in [0.29, 0.717) is 26.2 Å². The molecule has 1 amide bonds. The van der Waals surface area contributed by atoms with Gasteiger partial charge in [-0.2, -0.15) is 0 Å². The standard InChI is InChI=1S/C17H25N3O4/c1-17(2,3)24-16(23)20-7-5-19(6-8-20)14-10-12(15(21)22)9-13(11-14)18-4/h9-11,18H,5-8H2,1-4H3,(H,21,22). The quantitative estimate of drug-likeness (QED) is 0.883. The molecule has 0 atom stereocenters. The number of nitrogens with zero attached hydrogens (tertiary/aromatic N) is 2. The SMILES string of the molecule is CNc1cc(C(=O)O)cc(N2CCN(C(=O)OC(C)(C)C)CC2)c1. The molecule has 0 aliphatic carbocycles. The van der Waals surface area contributed by atoms with E-state index in [1.165, 1.54) is 0 Å². The molecule has 2 N–H and O–H groups in total. The Morgan fingerprint density at radius 1 is 1.12 bits per heavy atom. The van der Waals surface area contributed by atoms with Gasteiger partial charge >= 0.3 is 12.1 Å². The highest BCUT2D eigenvalue weighted by molar-refractivity contribution is 5.90. The lowest BCUT2D eigenvalue weighted by Crippen LogP contribution is -2.50. The maximum atomic E-state index is 12.1. The van der Waals surface area contributed by atoms with Crippen LogP contribution < -0.4 is 10.2 Å². The van der Waals surface area contributed by atoms with Crippen molar-refractivity contribution in [2.75, 3.05) is 43.4 Å². The third-order valence-corrected chi connectivity index (χ3v) is 3.75. The zero-order valence-electron chi connectivity index (χ0n) is 14.6. The molecular formula is C17H25N3O4. The van der Waals surface area contributed by atoms with Crippen molar-refractivity contribution in [1.82, 2.24) is 4.90 Å². The van der Waals surface area contributed by atoms with Crippen molar-refractivity contribution < 1.29 is 19.4 Å². The fourth-order valence-electron chi connectivity index (χ4n) is 2.54. The van der Waals surface area contributed by atoms with Crippen molar-refractivity contribution >= 4 is 23.4 Å². The molecule has 0 bridgehead atoms. The lowest BCUT2D eigenvalue weighted by Gasteiger charge is -2.37. The summed E-state index contributed by atoms with van der Waals surface area (Å²) in [6, 6.07) is 5.17. The van der Waals surface area contributed by atoms with Gasteiger partial charge in [-0.05, 0) is 39.0 Å². The Bertz CT molecular complexity index is 617. The van der Waals surface area contributed by atoms with Crippen LogP contribution in [-0.4, -0.2) is 60.9 Å². The molecule has 0 saturated carbocycles. The average Bonchev–Trinajstić information content (AvgIpc) is 2.52. The Labute approximate surface area is 142 Å². The molecule has 0 spiro atoms. The van der Waals surface area contributed by atoms with Gasteiger partial charge in [-0.1, -0.05) is 0 Å². The molecule has 1 aromatic carbocycles. The van der Waals surface area contributed by atoms with E-state index >= 15 is 0 Å². The number of nitrogens with one attached hydrogen (secondary N) is 1. The van der Waals surface area contributed by atoms with Crippen LogP contribution in [0, 0.1) is 0 Å². The van der Waals surface area contributed by atoms with Crippen molar-refractivity contribution in [2.45, 2.75) is 26.4 Å². The van der Waals surface area contributed by atoms with Gasteiger partial charge < -0.3 is 25.0 Å². The molecule has 7 nitrogen and oxygen atoms in total. The first-order valence-corrected chi connectivity index (χ1v) is 7.98. The number of hydrogen-bond donors (Lipinski definition) is 2. The van der Waals surface area contributed by atoms with Crippen LogP contribution in [0.3, 0.4) is 0 Å². The molecule has 132 valence electrons. The maximum Gasteiger partial charge on any atom is 0.410 e. The summed E-state index contributed by atoms with van der Waals surface area (Å²) in [4.78, 5) is 27.1. The van der Waals surface area contributed by atoms with Gasteiger partial charge in [-0.25, -0.2) is 9.59 Å². The third kappa shape index (κ3) is 4.53. The van der Waals surface area contributed by atoms with Gasteiger partial charge in [0.1, 0.15) is 5.60 Å². The monoisotopic (exact) mass is 335 g/mol. The summed E-state index contributed by atoms with van der Waals surface area (Å²) in [6.07, 6.45) is -0.308. The number of carbonyl (C=O) groups is 2. The van der Waals surface area contributed by atoms with E-state index < -0.39 is 11.6 Å². The molecule has 0 aromatic heterocycles. The highest BCUT2D eigenvalue weighted by Gasteiger charge is 2.26. The number of hydrogen-bond acceptors (Lipinski definition) is 5. The smallest absolute Gasteiger partial charge is 0.410 e. The largest absolute Gasteiger partial charge is 0.478 e. The summed E-state index contributed by atoms with van der Waals surface area (Å²) in [5, 5.41) is 12.2. The van der Waals surface area contributed by atoms with E-state index in [-0.39, 0.29) is 11.7 Å². The number of benzene rings is 1. The normalized spacial score (nSPS) is 15.2. The number of carbonyl (C=O) groups excluding carboxylic acids is 1. The number of amides is 1. The Morgan fingerprint density at radius 2 is 1.75 bits per heavy atom. The summed E-state index contributed by atoms with van der Waals surface area (Å²) in [7, 11) is 1.76. The molecular weight excluding hydrogens is 310 g/mol. The van der Waals surface area contributed by atoms with Crippen molar-refractivity contribution in [3.05, 3.63) is 23.8 Å². The zero-order valence-corrected chi connectivity index (χ0v) is 14.6. The van der Waals surface area contributed by atoms with Gasteiger partial charge in [-0.3, -0.25) is 0 Å². The number of anilines is 2. The second-order valence-electron chi connectivity index (χ2n) is 6.78. The Balaban J connectivity index is 2.05. The van der Waals surface area contributed by atoms with E-state index in [9.17, 15) is 14.7 Å². The molecule has 24 heavy (non-hydrogen) atoms. The third-order valence-electron chi connectivity index (χ3n) is 3.75. The Hall–Kier alpha value is -2.44. The predicted octanol–water partition coefficient (Wildman–Crippen LogP) is 2.48. The van der Waals surface area contributed by atoms with Gasteiger partial charge in [0.2, 0.25) is 0 Å². The van der Waals surface area contributed by atoms with Crippen molar-refractivity contribution in [3.8, 4) is 0 Å². The van der Waals surface area contributed by atoms with E-state index in [1.807, 2.05) is 26.8 Å². The average molecular weight is 335 g/mol. The highest BCUT2D eigenvalue weighted by Crippen LogP contribution is 2.24. The maximum absolute atomic E-state index is 12.1. The summed E-state index contributed by atoms with van der Waals surface area (Å²) in [5.74, 6) is -0.958. The second-order valence-corrected chi connectivity index (χ2v) is 6.78. The van der Waals surface area contributed by atoms with Crippen LogP contribution >= 0.6 is 0 Å². The first kappa shape index (κ1) is 17.9. The first-order chi connectivity index (χ1) is 11.2. The van der Waals surface area contributed by atoms with Crippen LogP contribution in [0.25, 0.3) is 0 Å². The number of piperazine rings is 1. The minimum absolute atomic E-state index is 0.242. The van der Waals surface area contributed by atoms with Crippen molar-refractivity contribution in [2.24, 2.45) is 0 Å².